The number of fused-ring (bicyclic) bond motifs is 4. The van der Waals surface area contributed by atoms with Gasteiger partial charge in [0.15, 0.2) is 0 Å². The van der Waals surface area contributed by atoms with Crippen molar-refractivity contribution in [2.24, 2.45) is 11.8 Å². The fraction of sp³-hybridized carbons (Fsp3) is 0.591. The molecule has 156 valence electrons. The van der Waals surface area contributed by atoms with Crippen LogP contribution in [0.1, 0.15) is 48.5 Å². The number of carbonyl (C=O) groups excluding carboxylic acids is 2. The molecule has 29 heavy (non-hydrogen) atoms. The molecule has 4 atom stereocenters. The third-order valence-corrected chi connectivity index (χ3v) is 6.74. The van der Waals surface area contributed by atoms with Crippen LogP contribution in [0.25, 0.3) is 0 Å². The van der Waals surface area contributed by atoms with E-state index in [-0.39, 0.29) is 23.9 Å². The SMILES string of the molecule is CC(=O)NC[C@H]1[C@H]2C[C@H](CN(Cc3ccc(C(=O)O)cc3)C2)[C@@H]2CCCC(=O)N21. The summed E-state index contributed by atoms with van der Waals surface area (Å²) in [7, 11) is 0. The Bertz CT molecular complexity index is 794. The maximum Gasteiger partial charge on any atom is 0.335 e. The molecule has 2 N–H and O–H groups in total. The Balaban J connectivity index is 1.51. The maximum atomic E-state index is 12.7. The molecular formula is C22H29N3O4. The Morgan fingerprint density at radius 2 is 1.90 bits per heavy atom. The van der Waals surface area contributed by atoms with Gasteiger partial charge in [-0.1, -0.05) is 12.1 Å². The smallest absolute Gasteiger partial charge is 0.335 e. The average molecular weight is 399 g/mol. The van der Waals surface area contributed by atoms with Crippen molar-refractivity contribution < 1.29 is 19.5 Å². The molecule has 2 bridgehead atoms. The lowest BCUT2D eigenvalue weighted by Gasteiger charge is -2.56. The van der Waals surface area contributed by atoms with Crippen molar-refractivity contribution in [3.8, 4) is 0 Å². The molecule has 3 saturated heterocycles. The van der Waals surface area contributed by atoms with Crippen LogP contribution in [-0.2, 0) is 16.1 Å². The summed E-state index contributed by atoms with van der Waals surface area (Å²) in [4.78, 5) is 39.9. The first-order valence-corrected chi connectivity index (χ1v) is 10.5. The summed E-state index contributed by atoms with van der Waals surface area (Å²) in [5, 5.41) is 12.0. The summed E-state index contributed by atoms with van der Waals surface area (Å²) in [5.41, 5.74) is 1.40. The molecule has 0 aromatic heterocycles. The number of benzene rings is 1. The molecule has 3 fully saturated rings. The quantitative estimate of drug-likeness (QED) is 0.787. The zero-order valence-corrected chi connectivity index (χ0v) is 16.8. The van der Waals surface area contributed by atoms with Crippen molar-refractivity contribution in [3.63, 3.8) is 0 Å². The van der Waals surface area contributed by atoms with E-state index >= 15 is 0 Å². The monoisotopic (exact) mass is 399 g/mol. The van der Waals surface area contributed by atoms with Crippen molar-refractivity contribution in [3.05, 3.63) is 35.4 Å². The molecule has 0 spiro atoms. The molecule has 0 aliphatic carbocycles. The number of amides is 2. The second-order valence-corrected chi connectivity index (χ2v) is 8.72. The number of hydrogen-bond acceptors (Lipinski definition) is 4. The Kier molecular flexibility index (Phi) is 5.58. The van der Waals surface area contributed by atoms with Gasteiger partial charge in [0, 0.05) is 45.6 Å². The number of carboxylic acid groups (broad SMARTS) is 1. The van der Waals surface area contributed by atoms with Gasteiger partial charge in [-0.15, -0.1) is 0 Å². The number of nitrogens with zero attached hydrogens (tertiary/aromatic N) is 2. The minimum absolute atomic E-state index is 0.0562. The van der Waals surface area contributed by atoms with E-state index in [0.717, 1.165) is 44.5 Å². The first-order chi connectivity index (χ1) is 13.9. The van der Waals surface area contributed by atoms with E-state index in [1.54, 1.807) is 12.1 Å². The number of hydrogen-bond donors (Lipinski definition) is 2. The average Bonchev–Trinajstić information content (AvgIpc) is 2.68. The van der Waals surface area contributed by atoms with E-state index in [9.17, 15) is 14.4 Å². The number of carbonyl (C=O) groups is 3. The molecule has 4 rings (SSSR count). The second kappa shape index (κ2) is 8.14. The van der Waals surface area contributed by atoms with Crippen LogP contribution in [0.15, 0.2) is 24.3 Å². The Morgan fingerprint density at radius 1 is 1.17 bits per heavy atom. The van der Waals surface area contributed by atoms with Gasteiger partial charge in [0.25, 0.3) is 0 Å². The highest BCUT2D eigenvalue weighted by Gasteiger charge is 2.49. The topological polar surface area (TPSA) is 90.0 Å². The van der Waals surface area contributed by atoms with E-state index in [2.05, 4.69) is 15.1 Å². The zero-order chi connectivity index (χ0) is 20.5. The number of rotatable bonds is 5. The van der Waals surface area contributed by atoms with E-state index in [1.807, 2.05) is 12.1 Å². The summed E-state index contributed by atoms with van der Waals surface area (Å²) < 4.78 is 0. The summed E-state index contributed by atoms with van der Waals surface area (Å²) >= 11 is 0. The first-order valence-electron chi connectivity index (χ1n) is 10.5. The standard InChI is InChI=1S/C22H29N3O4/c1-14(26)23-10-20-18-9-17(19-3-2-4-21(27)25(19)20)12-24(13-18)11-15-5-7-16(8-6-15)22(28)29/h5-8,17-20H,2-4,9-13H2,1H3,(H,23,26)(H,28,29)/t17-,18+,19+,20+/m1/s1. The van der Waals surface area contributed by atoms with Crippen molar-refractivity contribution in [2.75, 3.05) is 19.6 Å². The van der Waals surface area contributed by atoms with Crippen molar-refractivity contribution >= 4 is 17.8 Å². The molecule has 3 heterocycles. The fourth-order valence-corrected chi connectivity index (χ4v) is 5.52. The molecule has 0 saturated carbocycles. The second-order valence-electron chi connectivity index (χ2n) is 8.72. The first kappa shape index (κ1) is 19.9. The highest BCUT2D eigenvalue weighted by molar-refractivity contribution is 5.87. The van der Waals surface area contributed by atoms with Crippen molar-refractivity contribution in [1.29, 1.82) is 0 Å². The minimum atomic E-state index is -0.910. The Hall–Kier alpha value is -2.41. The van der Waals surface area contributed by atoms with Crippen LogP contribution in [0.4, 0.5) is 0 Å². The molecule has 7 heteroatoms. The fourth-order valence-electron chi connectivity index (χ4n) is 5.52. The van der Waals surface area contributed by atoms with Crippen LogP contribution >= 0.6 is 0 Å². The number of nitrogens with one attached hydrogen (secondary N) is 1. The van der Waals surface area contributed by atoms with E-state index < -0.39 is 5.97 Å². The summed E-state index contributed by atoms with van der Waals surface area (Å²) in [6, 6.07) is 7.42. The Labute approximate surface area is 171 Å². The van der Waals surface area contributed by atoms with Gasteiger partial charge in [0.1, 0.15) is 0 Å². The van der Waals surface area contributed by atoms with Crippen molar-refractivity contribution in [2.45, 2.75) is 51.2 Å². The third kappa shape index (κ3) is 4.15. The van der Waals surface area contributed by atoms with Crippen LogP contribution in [0.2, 0.25) is 0 Å². The van der Waals surface area contributed by atoms with Crippen LogP contribution in [0.3, 0.4) is 0 Å². The van der Waals surface area contributed by atoms with Crippen LogP contribution in [0, 0.1) is 11.8 Å². The molecule has 3 aliphatic heterocycles. The zero-order valence-electron chi connectivity index (χ0n) is 16.8. The third-order valence-electron chi connectivity index (χ3n) is 6.74. The number of aromatic carboxylic acids is 1. The van der Waals surface area contributed by atoms with Gasteiger partial charge < -0.3 is 15.3 Å². The lowest BCUT2D eigenvalue weighted by Crippen LogP contribution is -2.66. The lowest BCUT2D eigenvalue weighted by atomic mass is 9.72. The van der Waals surface area contributed by atoms with Gasteiger partial charge in [-0.05, 0) is 48.8 Å². The van der Waals surface area contributed by atoms with Gasteiger partial charge in [-0.2, -0.15) is 0 Å². The summed E-state index contributed by atoms with van der Waals surface area (Å²) in [6.07, 6.45) is 3.71. The summed E-state index contributed by atoms with van der Waals surface area (Å²) in [6.45, 7) is 4.67. The molecule has 0 radical (unpaired) electrons. The van der Waals surface area contributed by atoms with E-state index in [0.29, 0.717) is 30.4 Å². The van der Waals surface area contributed by atoms with Crippen LogP contribution in [-0.4, -0.2) is 64.4 Å². The predicted octanol–water partition coefficient (Wildman–Crippen LogP) is 1.72. The molecule has 1 aromatic carbocycles. The van der Waals surface area contributed by atoms with Gasteiger partial charge >= 0.3 is 5.97 Å². The highest BCUT2D eigenvalue weighted by atomic mass is 16.4. The lowest BCUT2D eigenvalue weighted by molar-refractivity contribution is -0.153. The number of piperidine rings is 3. The van der Waals surface area contributed by atoms with Gasteiger partial charge in [0.05, 0.1) is 11.6 Å². The molecule has 1 aromatic rings. The van der Waals surface area contributed by atoms with Gasteiger partial charge in [-0.3, -0.25) is 14.5 Å². The largest absolute Gasteiger partial charge is 0.478 e. The molecule has 7 nitrogen and oxygen atoms in total. The number of likely N-dealkylation sites (tertiary alicyclic amines) is 1. The van der Waals surface area contributed by atoms with E-state index in [1.165, 1.54) is 6.92 Å². The molecule has 0 unspecified atom stereocenters. The Morgan fingerprint density at radius 3 is 2.59 bits per heavy atom. The van der Waals surface area contributed by atoms with E-state index in [4.69, 9.17) is 5.11 Å². The van der Waals surface area contributed by atoms with Crippen LogP contribution < -0.4 is 5.32 Å². The molecule has 2 amide bonds. The minimum Gasteiger partial charge on any atom is -0.478 e. The van der Waals surface area contributed by atoms with Crippen molar-refractivity contribution in [1.82, 2.24) is 15.1 Å². The van der Waals surface area contributed by atoms with Gasteiger partial charge in [-0.25, -0.2) is 4.79 Å². The molecular weight excluding hydrogens is 370 g/mol. The van der Waals surface area contributed by atoms with Gasteiger partial charge in [0.2, 0.25) is 11.8 Å². The van der Waals surface area contributed by atoms with Crippen LogP contribution in [0.5, 0.6) is 0 Å². The normalized spacial score (nSPS) is 29.3. The maximum absolute atomic E-state index is 12.7. The predicted molar refractivity (Wildman–Crippen MR) is 107 cm³/mol. The molecule has 3 aliphatic rings. The highest BCUT2D eigenvalue weighted by Crippen LogP contribution is 2.41. The number of carboxylic acids is 1. The summed E-state index contributed by atoms with van der Waals surface area (Å²) in [5.74, 6) is 0.0808.